The highest BCUT2D eigenvalue weighted by atomic mass is 28.1. The SMILES string of the molecule is CCCC1([SiH3])CCCCC1. The second-order valence-corrected chi connectivity index (χ2v) is 6.24. The molecule has 1 rings (SSSR count). The van der Waals surface area contributed by atoms with Crippen LogP contribution in [0.3, 0.4) is 0 Å². The molecule has 0 aliphatic heterocycles. The summed E-state index contributed by atoms with van der Waals surface area (Å²) in [5, 5.41) is 0.868. The zero-order valence-corrected chi connectivity index (χ0v) is 9.45. The average molecular weight is 156 g/mol. The molecule has 0 spiro atoms. The summed E-state index contributed by atoms with van der Waals surface area (Å²) in [6.45, 7) is 2.33. The van der Waals surface area contributed by atoms with Crippen molar-refractivity contribution in [2.75, 3.05) is 0 Å². The Labute approximate surface area is 67.8 Å². The largest absolute Gasteiger partial charge is 0.0654 e. The Bertz CT molecular complexity index is 87.4. The smallest absolute Gasteiger partial charge is 0.0106 e. The zero-order valence-electron chi connectivity index (χ0n) is 7.45. The number of hydrogen-bond acceptors (Lipinski definition) is 0. The maximum absolute atomic E-state index is 2.33. The number of hydrogen-bond donors (Lipinski definition) is 0. The lowest BCUT2D eigenvalue weighted by atomic mass is 9.85. The quantitative estimate of drug-likeness (QED) is 0.538. The van der Waals surface area contributed by atoms with Crippen LogP contribution >= 0.6 is 0 Å². The van der Waals surface area contributed by atoms with Crippen LogP contribution in [0.4, 0.5) is 0 Å². The molecular weight excluding hydrogens is 136 g/mol. The van der Waals surface area contributed by atoms with Crippen molar-refractivity contribution in [2.45, 2.75) is 56.9 Å². The Morgan fingerprint density at radius 2 is 1.80 bits per heavy atom. The molecule has 0 unspecified atom stereocenters. The first-order valence-electron chi connectivity index (χ1n) is 4.77. The van der Waals surface area contributed by atoms with Crippen LogP contribution in [0.25, 0.3) is 0 Å². The lowest BCUT2D eigenvalue weighted by Crippen LogP contribution is -2.16. The molecule has 0 saturated heterocycles. The second kappa shape index (κ2) is 3.56. The predicted molar refractivity (Wildman–Crippen MR) is 50.6 cm³/mol. The first kappa shape index (κ1) is 8.31. The minimum absolute atomic E-state index is 0.868. The molecule has 10 heavy (non-hydrogen) atoms. The van der Waals surface area contributed by atoms with Crippen LogP contribution in [0.1, 0.15) is 51.9 Å². The Balaban J connectivity index is 2.32. The van der Waals surface area contributed by atoms with Gasteiger partial charge in [-0.15, -0.1) is 0 Å². The highest BCUT2D eigenvalue weighted by Crippen LogP contribution is 2.43. The fourth-order valence-corrected chi connectivity index (χ4v) is 3.47. The zero-order chi connectivity index (χ0) is 7.45. The highest BCUT2D eigenvalue weighted by molar-refractivity contribution is 6.15. The van der Waals surface area contributed by atoms with Gasteiger partial charge in [0.05, 0.1) is 0 Å². The summed E-state index contributed by atoms with van der Waals surface area (Å²) in [5.74, 6) is 0. The molecule has 1 saturated carbocycles. The molecule has 1 aliphatic carbocycles. The molecule has 0 amide bonds. The third-order valence-electron chi connectivity index (χ3n) is 2.91. The van der Waals surface area contributed by atoms with E-state index in [1.54, 1.807) is 12.8 Å². The first-order valence-corrected chi connectivity index (χ1v) is 5.77. The van der Waals surface area contributed by atoms with Crippen molar-refractivity contribution < 1.29 is 0 Å². The van der Waals surface area contributed by atoms with Crippen LogP contribution in [-0.2, 0) is 0 Å². The van der Waals surface area contributed by atoms with Gasteiger partial charge in [-0.1, -0.05) is 51.9 Å². The van der Waals surface area contributed by atoms with Crippen molar-refractivity contribution in [1.82, 2.24) is 0 Å². The standard InChI is InChI=1S/C9H20Si/c1-2-6-9(10)7-4-3-5-8-9/h2-8H2,1,10H3. The van der Waals surface area contributed by atoms with Crippen LogP contribution in [0.2, 0.25) is 5.04 Å². The molecular formula is C9H20Si. The van der Waals surface area contributed by atoms with E-state index in [1.807, 2.05) is 0 Å². The highest BCUT2D eigenvalue weighted by Gasteiger charge is 2.24. The molecule has 60 valence electrons. The van der Waals surface area contributed by atoms with Gasteiger partial charge in [-0.25, -0.2) is 0 Å². The predicted octanol–water partition coefficient (Wildman–Crippen LogP) is 2.27. The molecule has 0 radical (unpaired) electrons. The van der Waals surface area contributed by atoms with Crippen molar-refractivity contribution in [2.24, 2.45) is 0 Å². The Kier molecular flexibility index (Phi) is 2.96. The average Bonchev–Trinajstić information content (AvgIpc) is 1.89. The third kappa shape index (κ3) is 2.12. The second-order valence-electron chi connectivity index (χ2n) is 4.12. The Morgan fingerprint density at radius 1 is 1.20 bits per heavy atom. The van der Waals surface area contributed by atoms with E-state index in [9.17, 15) is 0 Å². The first-order chi connectivity index (χ1) is 4.77. The molecule has 1 heteroatoms. The molecule has 0 N–H and O–H groups in total. The van der Waals surface area contributed by atoms with E-state index < -0.39 is 0 Å². The van der Waals surface area contributed by atoms with E-state index in [0.717, 1.165) is 5.04 Å². The van der Waals surface area contributed by atoms with Gasteiger partial charge in [-0.3, -0.25) is 0 Å². The van der Waals surface area contributed by atoms with Crippen LogP contribution in [-0.4, -0.2) is 10.2 Å². The summed E-state index contributed by atoms with van der Waals surface area (Å²) in [7, 11) is 1.44. The van der Waals surface area contributed by atoms with Gasteiger partial charge in [0.25, 0.3) is 0 Å². The summed E-state index contributed by atoms with van der Waals surface area (Å²) < 4.78 is 0. The van der Waals surface area contributed by atoms with E-state index in [4.69, 9.17) is 0 Å². The summed E-state index contributed by atoms with van der Waals surface area (Å²) in [6.07, 6.45) is 10.6. The normalized spacial score (nSPS) is 24.9. The molecule has 0 nitrogen and oxygen atoms in total. The monoisotopic (exact) mass is 156 g/mol. The third-order valence-corrected chi connectivity index (χ3v) is 4.41. The van der Waals surface area contributed by atoms with E-state index in [0.29, 0.717) is 0 Å². The molecule has 0 atom stereocenters. The molecule has 0 bridgehead atoms. The van der Waals surface area contributed by atoms with Gasteiger partial charge < -0.3 is 0 Å². The lowest BCUT2D eigenvalue weighted by Gasteiger charge is -2.33. The van der Waals surface area contributed by atoms with E-state index >= 15 is 0 Å². The van der Waals surface area contributed by atoms with Crippen molar-refractivity contribution in [3.05, 3.63) is 0 Å². The van der Waals surface area contributed by atoms with Gasteiger partial charge >= 0.3 is 0 Å². The van der Waals surface area contributed by atoms with Crippen molar-refractivity contribution in [3.63, 3.8) is 0 Å². The maximum atomic E-state index is 2.33. The lowest BCUT2D eigenvalue weighted by molar-refractivity contribution is 0.357. The maximum Gasteiger partial charge on any atom is 0.0106 e. The van der Waals surface area contributed by atoms with E-state index in [1.165, 1.54) is 42.3 Å². The summed E-state index contributed by atoms with van der Waals surface area (Å²) in [4.78, 5) is 0. The Morgan fingerprint density at radius 3 is 2.30 bits per heavy atom. The van der Waals surface area contributed by atoms with Gasteiger partial charge in [0.15, 0.2) is 0 Å². The van der Waals surface area contributed by atoms with Crippen LogP contribution in [0.15, 0.2) is 0 Å². The fourth-order valence-electron chi connectivity index (χ4n) is 2.26. The van der Waals surface area contributed by atoms with Gasteiger partial charge in [0.1, 0.15) is 0 Å². The topological polar surface area (TPSA) is 0 Å². The minimum atomic E-state index is 0.868. The van der Waals surface area contributed by atoms with Crippen molar-refractivity contribution >= 4 is 10.2 Å². The molecule has 0 aromatic carbocycles. The van der Waals surface area contributed by atoms with E-state index in [-0.39, 0.29) is 0 Å². The molecule has 1 aliphatic rings. The summed E-state index contributed by atoms with van der Waals surface area (Å²) in [5.41, 5.74) is 0. The summed E-state index contributed by atoms with van der Waals surface area (Å²) in [6, 6.07) is 0. The van der Waals surface area contributed by atoms with Crippen LogP contribution in [0, 0.1) is 0 Å². The fraction of sp³-hybridized carbons (Fsp3) is 1.00. The molecule has 1 fully saturated rings. The molecule has 0 heterocycles. The molecule has 0 aromatic heterocycles. The van der Waals surface area contributed by atoms with Gasteiger partial charge in [0.2, 0.25) is 0 Å². The van der Waals surface area contributed by atoms with E-state index in [2.05, 4.69) is 6.92 Å². The minimum Gasteiger partial charge on any atom is -0.0654 e. The van der Waals surface area contributed by atoms with Crippen molar-refractivity contribution in [3.8, 4) is 0 Å². The number of rotatable bonds is 2. The summed E-state index contributed by atoms with van der Waals surface area (Å²) >= 11 is 0. The van der Waals surface area contributed by atoms with Gasteiger partial charge in [0, 0.05) is 10.2 Å². The van der Waals surface area contributed by atoms with Gasteiger partial charge in [-0.2, -0.15) is 0 Å². The van der Waals surface area contributed by atoms with Crippen LogP contribution in [0.5, 0.6) is 0 Å². The van der Waals surface area contributed by atoms with Crippen LogP contribution < -0.4 is 0 Å². The van der Waals surface area contributed by atoms with Gasteiger partial charge in [-0.05, 0) is 5.04 Å². The molecule has 0 aromatic rings. The van der Waals surface area contributed by atoms with Crippen molar-refractivity contribution in [1.29, 1.82) is 0 Å². The Hall–Kier alpha value is 0.217.